The van der Waals surface area contributed by atoms with Gasteiger partial charge >= 0.3 is 0 Å². The number of amides is 2. The molecule has 3 aromatic rings. The average molecular weight is 456 g/mol. The Bertz CT molecular complexity index is 1300. The Kier molecular flexibility index (Phi) is 5.22. The van der Waals surface area contributed by atoms with E-state index >= 15 is 0 Å². The molecule has 2 aromatic heterocycles. The van der Waals surface area contributed by atoms with Gasteiger partial charge in [-0.05, 0) is 48.2 Å². The van der Waals surface area contributed by atoms with Gasteiger partial charge in [-0.1, -0.05) is 18.2 Å². The van der Waals surface area contributed by atoms with Gasteiger partial charge in [-0.15, -0.1) is 0 Å². The van der Waals surface area contributed by atoms with Crippen LogP contribution in [0.2, 0.25) is 0 Å². The summed E-state index contributed by atoms with van der Waals surface area (Å²) >= 11 is 0. The molecule has 1 fully saturated rings. The number of aromatic nitrogens is 3. The molecule has 0 bridgehead atoms. The van der Waals surface area contributed by atoms with Crippen LogP contribution in [0.15, 0.2) is 36.5 Å². The van der Waals surface area contributed by atoms with E-state index in [1.54, 1.807) is 0 Å². The van der Waals surface area contributed by atoms with E-state index in [1.165, 1.54) is 0 Å². The standard InChI is InChI=1S/C26H25N5O3/c32-25-24-21-8-6-19-16-28-20(15-22(19)23(21)29-31(24)10-9-27-25)7-3-17-1-4-18(5-2-17)26(33)30-11-13-34-14-12-30/h1-5,7,15-16H,6,8-14H2,(H,27,32)/b7-3+. The Labute approximate surface area is 197 Å². The highest BCUT2D eigenvalue weighted by atomic mass is 16.5. The van der Waals surface area contributed by atoms with Crippen LogP contribution in [0.25, 0.3) is 23.4 Å². The lowest BCUT2D eigenvalue weighted by molar-refractivity contribution is 0.0303. The Morgan fingerprint density at radius 2 is 1.88 bits per heavy atom. The fourth-order valence-electron chi connectivity index (χ4n) is 4.87. The first kappa shape index (κ1) is 20.8. The van der Waals surface area contributed by atoms with Crippen molar-refractivity contribution >= 4 is 24.0 Å². The molecule has 0 spiro atoms. The Morgan fingerprint density at radius 1 is 1.06 bits per heavy atom. The molecule has 8 nitrogen and oxygen atoms in total. The Morgan fingerprint density at radius 3 is 2.71 bits per heavy atom. The SMILES string of the molecule is O=C1NCCn2nc3c(c21)CCc1cnc(/C=C/c2ccc(C(=O)N4CCOCC4)cc2)cc1-3. The monoisotopic (exact) mass is 455 g/mol. The third kappa shape index (κ3) is 3.70. The first-order valence-electron chi connectivity index (χ1n) is 11.7. The van der Waals surface area contributed by atoms with Crippen molar-refractivity contribution in [3.63, 3.8) is 0 Å². The molecule has 0 radical (unpaired) electrons. The van der Waals surface area contributed by atoms with Gasteiger partial charge in [0.25, 0.3) is 11.8 Å². The van der Waals surface area contributed by atoms with Crippen molar-refractivity contribution in [1.29, 1.82) is 0 Å². The summed E-state index contributed by atoms with van der Waals surface area (Å²) in [5.41, 5.74) is 7.35. The third-order valence-corrected chi connectivity index (χ3v) is 6.68. The van der Waals surface area contributed by atoms with Crippen LogP contribution >= 0.6 is 0 Å². The third-order valence-electron chi connectivity index (χ3n) is 6.68. The van der Waals surface area contributed by atoms with Crippen molar-refractivity contribution in [2.24, 2.45) is 0 Å². The van der Waals surface area contributed by atoms with Crippen LogP contribution in [0, 0.1) is 0 Å². The second-order valence-electron chi connectivity index (χ2n) is 8.78. The van der Waals surface area contributed by atoms with E-state index in [9.17, 15) is 9.59 Å². The zero-order valence-electron chi connectivity index (χ0n) is 18.8. The molecule has 0 atom stereocenters. The summed E-state index contributed by atoms with van der Waals surface area (Å²) in [6.45, 7) is 3.77. The maximum atomic E-state index is 12.6. The number of carbonyl (C=O) groups excluding carboxylic acids is 2. The van der Waals surface area contributed by atoms with Gasteiger partial charge in [0.1, 0.15) is 5.69 Å². The molecule has 4 heterocycles. The fraction of sp³-hybridized carbons (Fsp3) is 0.308. The van der Waals surface area contributed by atoms with Gasteiger partial charge in [0.2, 0.25) is 0 Å². The number of ether oxygens (including phenoxy) is 1. The number of benzene rings is 1. The number of rotatable bonds is 3. The van der Waals surface area contributed by atoms with E-state index in [1.807, 2.05) is 52.2 Å². The van der Waals surface area contributed by atoms with Crippen molar-refractivity contribution in [2.45, 2.75) is 19.4 Å². The van der Waals surface area contributed by atoms with Gasteiger partial charge in [-0.3, -0.25) is 19.3 Å². The summed E-state index contributed by atoms with van der Waals surface area (Å²) in [7, 11) is 0. The summed E-state index contributed by atoms with van der Waals surface area (Å²) in [4.78, 5) is 31.5. The second kappa shape index (κ2) is 8.53. The minimum absolute atomic E-state index is 0.0341. The normalized spacial score (nSPS) is 17.2. The van der Waals surface area contributed by atoms with E-state index in [0.717, 1.165) is 46.5 Å². The largest absolute Gasteiger partial charge is 0.378 e. The number of hydrogen-bond acceptors (Lipinski definition) is 5. The topological polar surface area (TPSA) is 89.3 Å². The number of carbonyl (C=O) groups is 2. The molecule has 3 aliphatic rings. The van der Waals surface area contributed by atoms with Crippen LogP contribution in [-0.4, -0.2) is 64.3 Å². The van der Waals surface area contributed by atoms with Crippen molar-refractivity contribution < 1.29 is 14.3 Å². The summed E-state index contributed by atoms with van der Waals surface area (Å²) in [5.74, 6) is 0.00982. The van der Waals surface area contributed by atoms with E-state index in [2.05, 4.69) is 16.4 Å². The maximum absolute atomic E-state index is 12.6. The molecule has 0 saturated carbocycles. The number of hydrogen-bond donors (Lipinski definition) is 1. The molecular formula is C26H25N5O3. The number of nitrogens with zero attached hydrogens (tertiary/aromatic N) is 4. The van der Waals surface area contributed by atoms with E-state index in [0.29, 0.717) is 50.7 Å². The van der Waals surface area contributed by atoms with Crippen LogP contribution in [-0.2, 0) is 24.1 Å². The lowest BCUT2D eigenvalue weighted by Gasteiger charge is -2.26. The minimum Gasteiger partial charge on any atom is -0.378 e. The number of fused-ring (bicyclic) bond motifs is 5. The van der Waals surface area contributed by atoms with Crippen molar-refractivity contribution in [1.82, 2.24) is 25.0 Å². The quantitative estimate of drug-likeness (QED) is 0.655. The van der Waals surface area contributed by atoms with Crippen LogP contribution in [0.5, 0.6) is 0 Å². The van der Waals surface area contributed by atoms with Gasteiger partial charge < -0.3 is 15.0 Å². The predicted molar refractivity (Wildman–Crippen MR) is 127 cm³/mol. The molecular weight excluding hydrogens is 430 g/mol. The molecule has 8 heteroatoms. The number of pyridine rings is 1. The zero-order chi connectivity index (χ0) is 23.1. The summed E-state index contributed by atoms with van der Waals surface area (Å²) in [6.07, 6.45) is 7.53. The highest BCUT2D eigenvalue weighted by molar-refractivity contribution is 5.97. The van der Waals surface area contributed by atoms with Gasteiger partial charge in [0.05, 0.1) is 31.1 Å². The van der Waals surface area contributed by atoms with Gasteiger partial charge in [-0.2, -0.15) is 5.10 Å². The van der Waals surface area contributed by atoms with Crippen molar-refractivity contribution in [3.8, 4) is 11.3 Å². The van der Waals surface area contributed by atoms with Crippen molar-refractivity contribution in [3.05, 3.63) is 70.2 Å². The number of morpholine rings is 1. The minimum atomic E-state index is -0.0341. The smallest absolute Gasteiger partial charge is 0.269 e. The number of aryl methyl sites for hydroxylation is 1. The van der Waals surface area contributed by atoms with Crippen molar-refractivity contribution in [2.75, 3.05) is 32.8 Å². The molecule has 1 N–H and O–H groups in total. The first-order chi connectivity index (χ1) is 16.7. The lowest BCUT2D eigenvalue weighted by atomic mass is 9.89. The maximum Gasteiger partial charge on any atom is 0.269 e. The summed E-state index contributed by atoms with van der Waals surface area (Å²) in [6, 6.07) is 9.68. The average Bonchev–Trinajstić information content (AvgIpc) is 3.28. The molecule has 1 aliphatic carbocycles. The molecule has 34 heavy (non-hydrogen) atoms. The molecule has 1 saturated heterocycles. The van der Waals surface area contributed by atoms with Crippen LogP contribution in [0.4, 0.5) is 0 Å². The Hall–Kier alpha value is -3.78. The van der Waals surface area contributed by atoms with Crippen LogP contribution in [0.1, 0.15) is 43.2 Å². The highest BCUT2D eigenvalue weighted by Gasteiger charge is 2.30. The molecule has 0 unspecified atom stereocenters. The molecule has 6 rings (SSSR count). The fourth-order valence-corrected chi connectivity index (χ4v) is 4.87. The van der Waals surface area contributed by atoms with Crippen LogP contribution in [0.3, 0.4) is 0 Å². The summed E-state index contributed by atoms with van der Waals surface area (Å²) < 4.78 is 7.17. The van der Waals surface area contributed by atoms with E-state index < -0.39 is 0 Å². The lowest BCUT2D eigenvalue weighted by Crippen LogP contribution is -2.40. The number of nitrogens with one attached hydrogen (secondary N) is 1. The molecule has 172 valence electrons. The highest BCUT2D eigenvalue weighted by Crippen LogP contribution is 2.35. The van der Waals surface area contributed by atoms with Crippen LogP contribution < -0.4 is 5.32 Å². The van der Waals surface area contributed by atoms with E-state index in [4.69, 9.17) is 9.84 Å². The van der Waals surface area contributed by atoms with Gasteiger partial charge in [-0.25, -0.2) is 0 Å². The van der Waals surface area contributed by atoms with E-state index in [-0.39, 0.29) is 11.8 Å². The predicted octanol–water partition coefficient (Wildman–Crippen LogP) is 2.43. The van der Waals surface area contributed by atoms with Gasteiger partial charge in [0, 0.05) is 42.5 Å². The second-order valence-corrected chi connectivity index (χ2v) is 8.78. The zero-order valence-corrected chi connectivity index (χ0v) is 18.8. The first-order valence-corrected chi connectivity index (χ1v) is 11.7. The molecule has 1 aromatic carbocycles. The van der Waals surface area contributed by atoms with Gasteiger partial charge in [0.15, 0.2) is 0 Å². The summed E-state index contributed by atoms with van der Waals surface area (Å²) in [5, 5.41) is 7.69. The molecule has 2 amide bonds. The molecule has 2 aliphatic heterocycles. The Balaban J connectivity index is 1.23.